The van der Waals surface area contributed by atoms with Gasteiger partial charge in [-0.25, -0.2) is 8.42 Å². The maximum atomic E-state index is 13.1. The molecular formula is C24H24N2O5S. The molecule has 0 aromatic heterocycles. The van der Waals surface area contributed by atoms with Crippen LogP contribution in [0.4, 0.5) is 5.69 Å². The van der Waals surface area contributed by atoms with Gasteiger partial charge in [0.05, 0.1) is 22.7 Å². The van der Waals surface area contributed by atoms with Crippen LogP contribution in [0, 0.1) is 6.92 Å². The number of para-hydroxylation sites is 3. The Morgan fingerprint density at radius 1 is 1.00 bits per heavy atom. The van der Waals surface area contributed by atoms with Crippen molar-refractivity contribution in [2.24, 2.45) is 0 Å². The summed E-state index contributed by atoms with van der Waals surface area (Å²) in [5.74, 6) is 0.902. The maximum absolute atomic E-state index is 13.1. The summed E-state index contributed by atoms with van der Waals surface area (Å²) in [7, 11) is -2.38. The van der Waals surface area contributed by atoms with E-state index < -0.39 is 15.9 Å². The van der Waals surface area contributed by atoms with Crippen LogP contribution in [0.15, 0.2) is 77.7 Å². The molecule has 0 radical (unpaired) electrons. The third-order valence-electron chi connectivity index (χ3n) is 5.23. The molecule has 32 heavy (non-hydrogen) atoms. The number of hydrogen-bond donors (Lipinski definition) is 1. The van der Waals surface area contributed by atoms with Crippen molar-refractivity contribution in [2.75, 3.05) is 24.5 Å². The minimum absolute atomic E-state index is 0.159. The van der Waals surface area contributed by atoms with Gasteiger partial charge in [-0.2, -0.15) is 0 Å². The SMILES string of the molecule is Cc1ccc(S(=O)(=O)N(C)c2ccccc2C(=O)NC[C@H]2COc3ccccc3O2)cc1. The number of sulfonamides is 1. The van der Waals surface area contributed by atoms with Gasteiger partial charge in [-0.3, -0.25) is 9.10 Å². The number of benzene rings is 3. The molecule has 0 bridgehead atoms. The van der Waals surface area contributed by atoms with Gasteiger partial charge in [0.15, 0.2) is 11.5 Å². The second kappa shape index (κ2) is 8.92. The second-order valence-electron chi connectivity index (χ2n) is 7.51. The van der Waals surface area contributed by atoms with Crippen molar-refractivity contribution in [3.05, 3.63) is 83.9 Å². The number of carbonyl (C=O) groups excluding carboxylic acids is 1. The van der Waals surface area contributed by atoms with Crippen molar-refractivity contribution < 1.29 is 22.7 Å². The third-order valence-corrected chi connectivity index (χ3v) is 7.01. The van der Waals surface area contributed by atoms with E-state index in [1.165, 1.54) is 7.05 Å². The highest BCUT2D eigenvalue weighted by Gasteiger charge is 2.26. The molecule has 0 unspecified atom stereocenters. The van der Waals surface area contributed by atoms with Gasteiger partial charge in [-0.1, -0.05) is 42.0 Å². The van der Waals surface area contributed by atoms with E-state index in [0.29, 0.717) is 18.1 Å². The lowest BCUT2D eigenvalue weighted by Crippen LogP contribution is -2.41. The molecule has 0 aliphatic carbocycles. The van der Waals surface area contributed by atoms with E-state index >= 15 is 0 Å². The van der Waals surface area contributed by atoms with E-state index in [-0.39, 0.29) is 28.8 Å². The summed E-state index contributed by atoms with van der Waals surface area (Å²) in [6.07, 6.45) is -0.352. The zero-order chi connectivity index (χ0) is 22.7. The van der Waals surface area contributed by atoms with Crippen LogP contribution in [0.1, 0.15) is 15.9 Å². The van der Waals surface area contributed by atoms with Crippen LogP contribution in [0.2, 0.25) is 0 Å². The standard InChI is InChI=1S/C24H24N2O5S/c1-17-11-13-19(14-12-17)32(28,29)26(2)21-8-4-3-7-20(21)24(27)25-15-18-16-30-22-9-5-6-10-23(22)31-18/h3-14,18H,15-16H2,1-2H3,(H,25,27)/t18-/m0/s1. The highest BCUT2D eigenvalue weighted by Crippen LogP contribution is 2.31. The average Bonchev–Trinajstić information content (AvgIpc) is 2.82. The molecule has 3 aromatic rings. The minimum atomic E-state index is -3.83. The first-order chi connectivity index (χ1) is 15.4. The van der Waals surface area contributed by atoms with Crippen LogP contribution >= 0.6 is 0 Å². The summed E-state index contributed by atoms with van der Waals surface area (Å²) in [6, 6.07) is 20.5. The van der Waals surface area contributed by atoms with Gasteiger partial charge in [0.2, 0.25) is 0 Å². The normalized spacial score (nSPS) is 15.1. The predicted octanol–water partition coefficient (Wildman–Crippen LogP) is 3.39. The minimum Gasteiger partial charge on any atom is -0.486 e. The van der Waals surface area contributed by atoms with Crippen molar-refractivity contribution in [1.29, 1.82) is 0 Å². The molecular weight excluding hydrogens is 428 g/mol. The molecule has 1 atom stereocenters. The molecule has 3 aromatic carbocycles. The molecule has 166 valence electrons. The number of rotatable bonds is 6. The van der Waals surface area contributed by atoms with Gasteiger partial charge in [0, 0.05) is 7.05 Å². The first-order valence-electron chi connectivity index (χ1n) is 10.2. The quantitative estimate of drug-likeness (QED) is 0.620. The van der Waals surface area contributed by atoms with Crippen LogP contribution in [0.25, 0.3) is 0 Å². The molecule has 0 saturated heterocycles. The van der Waals surface area contributed by atoms with Gasteiger partial charge in [-0.15, -0.1) is 0 Å². The number of nitrogens with one attached hydrogen (secondary N) is 1. The first-order valence-corrected chi connectivity index (χ1v) is 11.6. The van der Waals surface area contributed by atoms with Gasteiger partial charge in [0.1, 0.15) is 12.7 Å². The van der Waals surface area contributed by atoms with Gasteiger partial charge < -0.3 is 14.8 Å². The number of carbonyl (C=O) groups is 1. The Bertz CT molecular complexity index is 1230. The van der Waals surface area contributed by atoms with E-state index in [2.05, 4.69) is 5.32 Å². The molecule has 4 rings (SSSR count). The molecule has 1 N–H and O–H groups in total. The fraction of sp³-hybridized carbons (Fsp3) is 0.208. The molecule has 8 heteroatoms. The Balaban J connectivity index is 1.49. The Kier molecular flexibility index (Phi) is 6.05. The summed E-state index contributed by atoms with van der Waals surface area (Å²) in [4.78, 5) is 13.1. The van der Waals surface area contributed by atoms with Crippen molar-refractivity contribution in [2.45, 2.75) is 17.9 Å². The van der Waals surface area contributed by atoms with Crippen LogP contribution in [-0.4, -0.2) is 40.6 Å². The number of amides is 1. The predicted molar refractivity (Wildman–Crippen MR) is 122 cm³/mol. The highest BCUT2D eigenvalue weighted by molar-refractivity contribution is 7.92. The molecule has 7 nitrogen and oxygen atoms in total. The highest BCUT2D eigenvalue weighted by atomic mass is 32.2. The zero-order valence-corrected chi connectivity index (χ0v) is 18.6. The van der Waals surface area contributed by atoms with E-state index in [1.54, 1.807) is 48.5 Å². The Hall–Kier alpha value is -3.52. The largest absolute Gasteiger partial charge is 0.486 e. The van der Waals surface area contributed by atoms with E-state index in [0.717, 1.165) is 9.87 Å². The Labute approximate surface area is 187 Å². The van der Waals surface area contributed by atoms with Crippen molar-refractivity contribution in [1.82, 2.24) is 5.32 Å². The summed E-state index contributed by atoms with van der Waals surface area (Å²) in [5.41, 5.74) is 1.50. The number of anilines is 1. The third kappa shape index (κ3) is 4.40. The smallest absolute Gasteiger partial charge is 0.264 e. The fourth-order valence-corrected chi connectivity index (χ4v) is 4.62. The summed E-state index contributed by atoms with van der Waals surface area (Å²) >= 11 is 0. The van der Waals surface area contributed by atoms with Crippen LogP contribution in [0.3, 0.4) is 0 Å². The lowest BCUT2D eigenvalue weighted by molar-refractivity contribution is 0.0789. The van der Waals surface area contributed by atoms with Gasteiger partial charge in [-0.05, 0) is 43.3 Å². The molecule has 1 amide bonds. The molecule has 0 saturated carbocycles. The molecule has 1 aliphatic rings. The lowest BCUT2D eigenvalue weighted by Gasteiger charge is -2.27. The number of ether oxygens (including phenoxy) is 2. The van der Waals surface area contributed by atoms with Crippen molar-refractivity contribution in [3.8, 4) is 11.5 Å². The fourth-order valence-electron chi connectivity index (χ4n) is 3.40. The number of hydrogen-bond acceptors (Lipinski definition) is 5. The van der Waals surface area contributed by atoms with E-state index in [1.807, 2.05) is 31.2 Å². The van der Waals surface area contributed by atoms with Crippen LogP contribution in [-0.2, 0) is 10.0 Å². The average molecular weight is 453 g/mol. The van der Waals surface area contributed by atoms with Crippen LogP contribution in [0.5, 0.6) is 11.5 Å². The molecule has 0 spiro atoms. The lowest BCUT2D eigenvalue weighted by atomic mass is 10.1. The second-order valence-corrected chi connectivity index (χ2v) is 9.48. The molecule has 1 heterocycles. The number of aryl methyl sites for hydroxylation is 1. The monoisotopic (exact) mass is 452 g/mol. The van der Waals surface area contributed by atoms with Gasteiger partial charge >= 0.3 is 0 Å². The summed E-state index contributed by atoms with van der Waals surface area (Å²) in [5, 5.41) is 2.83. The van der Waals surface area contributed by atoms with E-state index in [9.17, 15) is 13.2 Å². The first kappa shape index (κ1) is 21.7. The summed E-state index contributed by atoms with van der Waals surface area (Å²) < 4.78 is 38.9. The topological polar surface area (TPSA) is 84.9 Å². The molecule has 1 aliphatic heterocycles. The Morgan fingerprint density at radius 2 is 1.66 bits per heavy atom. The molecule has 0 fully saturated rings. The van der Waals surface area contributed by atoms with Crippen LogP contribution < -0.4 is 19.1 Å². The Morgan fingerprint density at radius 3 is 2.41 bits per heavy atom. The number of nitrogens with zero attached hydrogens (tertiary/aromatic N) is 1. The van der Waals surface area contributed by atoms with Gasteiger partial charge in [0.25, 0.3) is 15.9 Å². The van der Waals surface area contributed by atoms with E-state index in [4.69, 9.17) is 9.47 Å². The maximum Gasteiger partial charge on any atom is 0.264 e. The number of fused-ring (bicyclic) bond motifs is 1. The van der Waals surface area contributed by atoms with Crippen molar-refractivity contribution >= 4 is 21.6 Å². The van der Waals surface area contributed by atoms with Crippen molar-refractivity contribution in [3.63, 3.8) is 0 Å². The summed E-state index contributed by atoms with van der Waals surface area (Å²) in [6.45, 7) is 2.41. The zero-order valence-electron chi connectivity index (χ0n) is 17.8.